The highest BCUT2D eigenvalue weighted by Gasteiger charge is 2.32. The van der Waals surface area contributed by atoms with Gasteiger partial charge in [0.25, 0.3) is 0 Å². The number of ketones is 1. The lowest BCUT2D eigenvalue weighted by Gasteiger charge is -2.08. The maximum absolute atomic E-state index is 12.9. The third-order valence-electron chi connectivity index (χ3n) is 3.74. The highest BCUT2D eigenvalue weighted by molar-refractivity contribution is 6.17. The smallest absolute Gasteiger partial charge is 0.394 e. The van der Waals surface area contributed by atoms with E-state index in [1.807, 2.05) is 0 Å². The molecule has 0 atom stereocenters. The van der Waals surface area contributed by atoms with E-state index in [2.05, 4.69) is 4.98 Å². The molecule has 24 heavy (non-hydrogen) atoms. The number of benzene rings is 2. The van der Waals surface area contributed by atoms with Gasteiger partial charge in [-0.3, -0.25) is 4.79 Å². The zero-order valence-electron chi connectivity index (χ0n) is 12.8. The highest BCUT2D eigenvalue weighted by Crippen LogP contribution is 2.30. The van der Waals surface area contributed by atoms with Crippen molar-refractivity contribution in [2.45, 2.75) is 12.6 Å². The molecule has 1 N–H and O–H groups in total. The molecular weight excluding hydrogens is 319 g/mol. The Morgan fingerprint density at radius 3 is 2.38 bits per heavy atom. The summed E-state index contributed by atoms with van der Waals surface area (Å²) in [7, 11) is 1.50. The molecule has 0 aliphatic rings. The van der Waals surface area contributed by atoms with Gasteiger partial charge in [0.2, 0.25) is 0 Å². The first-order valence-electron chi connectivity index (χ1n) is 7.24. The summed E-state index contributed by atoms with van der Waals surface area (Å²) in [6.45, 7) is 0. The van der Waals surface area contributed by atoms with Crippen LogP contribution in [-0.4, -0.2) is 24.1 Å². The molecule has 0 fully saturated rings. The molecule has 0 amide bonds. The van der Waals surface area contributed by atoms with E-state index >= 15 is 0 Å². The summed E-state index contributed by atoms with van der Waals surface area (Å²) in [5.41, 5.74) is 0.759. The quantitative estimate of drug-likeness (QED) is 0.714. The summed E-state index contributed by atoms with van der Waals surface area (Å²) >= 11 is 0. The van der Waals surface area contributed by atoms with E-state index in [9.17, 15) is 18.0 Å². The molecule has 6 heteroatoms. The molecule has 1 heterocycles. The third-order valence-corrected chi connectivity index (χ3v) is 3.74. The van der Waals surface area contributed by atoms with E-state index in [4.69, 9.17) is 4.74 Å². The van der Waals surface area contributed by atoms with Crippen molar-refractivity contribution in [1.82, 2.24) is 4.98 Å². The van der Waals surface area contributed by atoms with Gasteiger partial charge in [-0.05, 0) is 30.3 Å². The summed E-state index contributed by atoms with van der Waals surface area (Å²) < 4.78 is 43.6. The molecule has 1 aromatic heterocycles. The maximum Gasteiger partial charge on any atom is 0.394 e. The summed E-state index contributed by atoms with van der Waals surface area (Å²) in [6.07, 6.45) is -5.59. The minimum Gasteiger partial charge on any atom is -0.497 e. The number of methoxy groups -OCH3 is 1. The van der Waals surface area contributed by atoms with Crippen molar-refractivity contribution in [3.8, 4) is 5.75 Å². The SMILES string of the molecule is COc1ccc(C(=O)c2c(CC(F)(F)F)[nH]c3ccccc23)cc1. The van der Waals surface area contributed by atoms with Gasteiger partial charge < -0.3 is 9.72 Å². The van der Waals surface area contributed by atoms with Gasteiger partial charge in [0, 0.05) is 22.2 Å². The predicted molar refractivity (Wildman–Crippen MR) is 84.5 cm³/mol. The first-order valence-corrected chi connectivity index (χ1v) is 7.24. The maximum atomic E-state index is 12.9. The van der Waals surface area contributed by atoms with Crippen LogP contribution >= 0.6 is 0 Å². The van der Waals surface area contributed by atoms with Gasteiger partial charge in [-0.2, -0.15) is 13.2 Å². The lowest BCUT2D eigenvalue weighted by Crippen LogP contribution is -2.15. The number of carbonyl (C=O) groups is 1. The average Bonchev–Trinajstić information content (AvgIpc) is 2.90. The van der Waals surface area contributed by atoms with Crippen LogP contribution in [0.2, 0.25) is 0 Å². The number of fused-ring (bicyclic) bond motifs is 1. The molecule has 0 saturated carbocycles. The minimum atomic E-state index is -4.41. The summed E-state index contributed by atoms with van der Waals surface area (Å²) in [5.74, 6) is 0.121. The Kier molecular flexibility index (Phi) is 4.05. The van der Waals surface area contributed by atoms with Crippen LogP contribution in [0, 0.1) is 0 Å². The van der Waals surface area contributed by atoms with Gasteiger partial charge in [-0.1, -0.05) is 18.2 Å². The van der Waals surface area contributed by atoms with Crippen molar-refractivity contribution in [2.24, 2.45) is 0 Å². The molecule has 3 rings (SSSR count). The number of hydrogen-bond donors (Lipinski definition) is 1. The van der Waals surface area contributed by atoms with Gasteiger partial charge in [-0.25, -0.2) is 0 Å². The highest BCUT2D eigenvalue weighted by atomic mass is 19.4. The fourth-order valence-electron chi connectivity index (χ4n) is 2.68. The van der Waals surface area contributed by atoms with E-state index < -0.39 is 18.4 Å². The normalized spacial score (nSPS) is 11.7. The standard InChI is InChI=1S/C18H14F3NO2/c1-24-12-8-6-11(7-9-12)17(23)16-13-4-2-3-5-14(13)22-15(16)10-18(19,20)21/h2-9,22H,10H2,1H3. The lowest BCUT2D eigenvalue weighted by molar-refractivity contribution is -0.127. The third kappa shape index (κ3) is 3.13. The first-order chi connectivity index (χ1) is 11.4. The number of halogens is 3. The van der Waals surface area contributed by atoms with Crippen LogP contribution in [0.4, 0.5) is 13.2 Å². The van der Waals surface area contributed by atoms with Crippen LogP contribution in [0.25, 0.3) is 10.9 Å². The van der Waals surface area contributed by atoms with Crippen molar-refractivity contribution in [3.05, 3.63) is 65.4 Å². The fourth-order valence-corrected chi connectivity index (χ4v) is 2.68. The Balaban J connectivity index is 2.11. The monoisotopic (exact) mass is 333 g/mol. The summed E-state index contributed by atoms with van der Waals surface area (Å²) in [6, 6.07) is 13.0. The van der Waals surface area contributed by atoms with Gasteiger partial charge >= 0.3 is 6.18 Å². The predicted octanol–water partition coefficient (Wildman–Crippen LogP) is 4.51. The van der Waals surface area contributed by atoms with Crippen LogP contribution in [0.5, 0.6) is 5.75 Å². The number of nitrogens with one attached hydrogen (secondary N) is 1. The van der Waals surface area contributed by atoms with Crippen molar-refractivity contribution in [1.29, 1.82) is 0 Å². The van der Waals surface area contributed by atoms with Gasteiger partial charge in [0.05, 0.1) is 19.1 Å². The van der Waals surface area contributed by atoms with Crippen LogP contribution in [-0.2, 0) is 6.42 Å². The molecule has 3 aromatic rings. The second kappa shape index (κ2) is 6.03. The van der Waals surface area contributed by atoms with Crippen molar-refractivity contribution in [2.75, 3.05) is 7.11 Å². The van der Waals surface area contributed by atoms with Crippen molar-refractivity contribution < 1.29 is 22.7 Å². The zero-order valence-corrected chi connectivity index (χ0v) is 12.8. The number of aromatic nitrogens is 1. The topological polar surface area (TPSA) is 42.1 Å². The zero-order chi connectivity index (χ0) is 17.3. The van der Waals surface area contributed by atoms with E-state index in [-0.39, 0.29) is 11.3 Å². The Morgan fingerprint density at radius 1 is 1.08 bits per heavy atom. The van der Waals surface area contributed by atoms with Crippen LogP contribution in [0.15, 0.2) is 48.5 Å². The van der Waals surface area contributed by atoms with E-state index in [0.717, 1.165) is 0 Å². The van der Waals surface area contributed by atoms with E-state index in [1.54, 1.807) is 48.5 Å². The van der Waals surface area contributed by atoms with Crippen LogP contribution in [0.3, 0.4) is 0 Å². The Morgan fingerprint density at radius 2 is 1.75 bits per heavy atom. The van der Waals surface area contributed by atoms with Gasteiger partial charge in [-0.15, -0.1) is 0 Å². The number of para-hydroxylation sites is 1. The molecule has 0 radical (unpaired) electrons. The van der Waals surface area contributed by atoms with E-state index in [1.165, 1.54) is 7.11 Å². The number of alkyl halides is 3. The number of H-pyrrole nitrogens is 1. The van der Waals surface area contributed by atoms with E-state index in [0.29, 0.717) is 22.2 Å². The molecule has 124 valence electrons. The molecule has 0 aliphatic heterocycles. The summed E-state index contributed by atoms with van der Waals surface area (Å²) in [5, 5.41) is 0.484. The van der Waals surface area contributed by atoms with Crippen molar-refractivity contribution >= 4 is 16.7 Å². The van der Waals surface area contributed by atoms with Crippen LogP contribution in [0.1, 0.15) is 21.6 Å². The Bertz CT molecular complexity index is 879. The molecule has 3 nitrogen and oxygen atoms in total. The number of hydrogen-bond acceptors (Lipinski definition) is 2. The second-order valence-electron chi connectivity index (χ2n) is 5.37. The number of rotatable bonds is 4. The molecule has 0 aliphatic carbocycles. The molecule has 0 saturated heterocycles. The Labute approximate surface area is 136 Å². The number of carbonyl (C=O) groups excluding carboxylic acids is 1. The summed E-state index contributed by atoms with van der Waals surface area (Å²) in [4.78, 5) is 15.5. The number of aromatic amines is 1. The lowest BCUT2D eigenvalue weighted by atomic mass is 9.99. The Hall–Kier alpha value is -2.76. The first kappa shape index (κ1) is 16.1. The largest absolute Gasteiger partial charge is 0.497 e. The van der Waals surface area contributed by atoms with Gasteiger partial charge in [0.15, 0.2) is 5.78 Å². The minimum absolute atomic E-state index is 0.0630. The molecule has 2 aromatic carbocycles. The molecule has 0 spiro atoms. The molecule has 0 bridgehead atoms. The fraction of sp³-hybridized carbons (Fsp3) is 0.167. The van der Waals surface area contributed by atoms with Gasteiger partial charge in [0.1, 0.15) is 5.75 Å². The second-order valence-corrected chi connectivity index (χ2v) is 5.37. The average molecular weight is 333 g/mol. The molecule has 0 unspecified atom stereocenters. The van der Waals surface area contributed by atoms with Crippen LogP contribution < -0.4 is 4.74 Å². The molecular formula is C18H14F3NO2. The van der Waals surface area contributed by atoms with Crippen molar-refractivity contribution in [3.63, 3.8) is 0 Å². The number of ether oxygens (including phenoxy) is 1.